The molecular formula is C13H18O3. The summed E-state index contributed by atoms with van der Waals surface area (Å²) in [6, 6.07) is 7.95. The molecule has 16 heavy (non-hydrogen) atoms. The van der Waals surface area contributed by atoms with Crippen LogP contribution in [0.15, 0.2) is 24.3 Å². The topological polar surface area (TPSA) is 27.7 Å². The molecule has 1 aromatic carbocycles. The highest BCUT2D eigenvalue weighted by Gasteiger charge is 2.36. The van der Waals surface area contributed by atoms with Gasteiger partial charge in [0, 0.05) is 12.0 Å². The summed E-state index contributed by atoms with van der Waals surface area (Å²) < 4.78 is 16.8. The Morgan fingerprint density at radius 2 is 1.75 bits per heavy atom. The molecule has 0 atom stereocenters. The highest BCUT2D eigenvalue weighted by atomic mass is 16.7. The molecule has 0 unspecified atom stereocenters. The van der Waals surface area contributed by atoms with Crippen LogP contribution in [-0.4, -0.2) is 19.8 Å². The fraction of sp³-hybridized carbons (Fsp3) is 0.538. The van der Waals surface area contributed by atoms with E-state index < -0.39 is 5.79 Å². The molecule has 0 spiro atoms. The van der Waals surface area contributed by atoms with E-state index in [0.29, 0.717) is 19.8 Å². The van der Waals surface area contributed by atoms with Gasteiger partial charge in [-0.25, -0.2) is 0 Å². The van der Waals surface area contributed by atoms with Crippen LogP contribution in [0, 0.1) is 0 Å². The lowest BCUT2D eigenvalue weighted by Gasteiger charge is -2.26. The van der Waals surface area contributed by atoms with Crippen LogP contribution in [0.5, 0.6) is 5.75 Å². The van der Waals surface area contributed by atoms with Crippen LogP contribution >= 0.6 is 0 Å². The van der Waals surface area contributed by atoms with Crippen LogP contribution in [0.3, 0.4) is 0 Å². The van der Waals surface area contributed by atoms with Gasteiger partial charge >= 0.3 is 0 Å². The molecule has 1 aliphatic rings. The first-order valence-electron chi connectivity index (χ1n) is 5.82. The van der Waals surface area contributed by atoms with Gasteiger partial charge in [0.1, 0.15) is 5.75 Å². The number of hydrogen-bond donors (Lipinski definition) is 0. The van der Waals surface area contributed by atoms with Crippen LogP contribution in [0.25, 0.3) is 0 Å². The molecule has 0 saturated carbocycles. The molecule has 0 amide bonds. The average Bonchev–Trinajstić information content (AvgIpc) is 2.80. The van der Waals surface area contributed by atoms with Crippen molar-refractivity contribution in [2.24, 2.45) is 0 Å². The van der Waals surface area contributed by atoms with Crippen LogP contribution in [0.2, 0.25) is 0 Å². The van der Waals surface area contributed by atoms with Gasteiger partial charge in [0.15, 0.2) is 5.79 Å². The van der Waals surface area contributed by atoms with E-state index in [1.165, 1.54) is 0 Å². The van der Waals surface area contributed by atoms with Gasteiger partial charge in [-0.1, -0.05) is 6.92 Å². The predicted molar refractivity (Wildman–Crippen MR) is 61.5 cm³/mol. The Balaban J connectivity index is 2.19. The highest BCUT2D eigenvalue weighted by molar-refractivity contribution is 5.30. The van der Waals surface area contributed by atoms with Gasteiger partial charge in [-0.05, 0) is 31.2 Å². The van der Waals surface area contributed by atoms with E-state index in [1.807, 2.05) is 31.2 Å². The minimum absolute atomic E-state index is 0.537. The average molecular weight is 222 g/mol. The number of rotatable bonds is 4. The first kappa shape index (κ1) is 11.4. The molecule has 0 radical (unpaired) electrons. The summed E-state index contributed by atoms with van der Waals surface area (Å²) in [6.45, 7) is 6.07. The Hall–Kier alpha value is -1.06. The SMILES string of the molecule is CCOc1ccc(C2(CC)OCCO2)cc1. The molecule has 0 bridgehead atoms. The Morgan fingerprint density at radius 3 is 2.25 bits per heavy atom. The smallest absolute Gasteiger partial charge is 0.194 e. The van der Waals surface area contributed by atoms with Crippen molar-refractivity contribution in [3.63, 3.8) is 0 Å². The summed E-state index contributed by atoms with van der Waals surface area (Å²) >= 11 is 0. The summed E-state index contributed by atoms with van der Waals surface area (Å²) in [4.78, 5) is 0. The van der Waals surface area contributed by atoms with E-state index in [9.17, 15) is 0 Å². The molecule has 0 N–H and O–H groups in total. The minimum Gasteiger partial charge on any atom is -0.494 e. The van der Waals surface area contributed by atoms with Crippen molar-refractivity contribution in [2.45, 2.75) is 26.1 Å². The Kier molecular flexibility index (Phi) is 3.46. The van der Waals surface area contributed by atoms with Crippen LogP contribution < -0.4 is 4.74 Å². The number of ether oxygens (including phenoxy) is 3. The zero-order valence-electron chi connectivity index (χ0n) is 9.86. The van der Waals surface area contributed by atoms with Gasteiger partial charge in [0.25, 0.3) is 0 Å². The quantitative estimate of drug-likeness (QED) is 0.784. The van der Waals surface area contributed by atoms with Crippen LogP contribution in [0.1, 0.15) is 25.8 Å². The van der Waals surface area contributed by atoms with E-state index in [4.69, 9.17) is 14.2 Å². The summed E-state index contributed by atoms with van der Waals surface area (Å²) in [5.41, 5.74) is 1.07. The lowest BCUT2D eigenvalue weighted by molar-refractivity contribution is -0.167. The van der Waals surface area contributed by atoms with Crippen molar-refractivity contribution in [1.82, 2.24) is 0 Å². The van der Waals surface area contributed by atoms with Gasteiger partial charge in [0.05, 0.1) is 19.8 Å². The van der Waals surface area contributed by atoms with E-state index in [2.05, 4.69) is 6.92 Å². The van der Waals surface area contributed by atoms with Crippen molar-refractivity contribution >= 4 is 0 Å². The Labute approximate surface area is 96.3 Å². The van der Waals surface area contributed by atoms with Gasteiger partial charge in [-0.2, -0.15) is 0 Å². The molecule has 88 valence electrons. The second-order valence-corrected chi connectivity index (χ2v) is 3.76. The lowest BCUT2D eigenvalue weighted by atomic mass is 10.0. The van der Waals surface area contributed by atoms with E-state index in [0.717, 1.165) is 17.7 Å². The molecule has 1 aromatic rings. The van der Waals surface area contributed by atoms with Crippen molar-refractivity contribution in [3.8, 4) is 5.75 Å². The highest BCUT2D eigenvalue weighted by Crippen LogP contribution is 2.35. The van der Waals surface area contributed by atoms with E-state index in [1.54, 1.807) is 0 Å². The summed E-state index contributed by atoms with van der Waals surface area (Å²) in [5, 5.41) is 0. The lowest BCUT2D eigenvalue weighted by Crippen LogP contribution is -2.25. The zero-order chi connectivity index (χ0) is 11.4. The van der Waals surface area contributed by atoms with Crippen LogP contribution in [-0.2, 0) is 15.3 Å². The zero-order valence-corrected chi connectivity index (χ0v) is 9.86. The standard InChI is InChI=1S/C13H18O3/c1-3-13(15-9-10-16-13)11-5-7-12(8-6-11)14-4-2/h5-8H,3-4,9-10H2,1-2H3. The molecular weight excluding hydrogens is 204 g/mol. The monoisotopic (exact) mass is 222 g/mol. The molecule has 0 aliphatic carbocycles. The number of hydrogen-bond acceptors (Lipinski definition) is 3. The van der Waals surface area contributed by atoms with Crippen molar-refractivity contribution < 1.29 is 14.2 Å². The van der Waals surface area contributed by atoms with E-state index in [-0.39, 0.29) is 0 Å². The van der Waals surface area contributed by atoms with Gasteiger partial charge in [0.2, 0.25) is 0 Å². The van der Waals surface area contributed by atoms with E-state index >= 15 is 0 Å². The first-order chi connectivity index (χ1) is 7.80. The second-order valence-electron chi connectivity index (χ2n) is 3.76. The van der Waals surface area contributed by atoms with Crippen molar-refractivity contribution in [3.05, 3.63) is 29.8 Å². The minimum atomic E-state index is -0.537. The Bertz CT molecular complexity index is 326. The maximum atomic E-state index is 5.71. The molecule has 2 rings (SSSR count). The van der Waals surface area contributed by atoms with Crippen LogP contribution in [0.4, 0.5) is 0 Å². The summed E-state index contributed by atoms with van der Waals surface area (Å²) in [5.74, 6) is 0.348. The molecule has 3 heteroatoms. The normalized spacial score (nSPS) is 18.6. The van der Waals surface area contributed by atoms with Gasteiger partial charge in [-0.15, -0.1) is 0 Å². The maximum absolute atomic E-state index is 5.71. The molecule has 1 fully saturated rings. The Morgan fingerprint density at radius 1 is 1.12 bits per heavy atom. The maximum Gasteiger partial charge on any atom is 0.194 e. The second kappa shape index (κ2) is 4.85. The first-order valence-corrected chi connectivity index (χ1v) is 5.82. The summed E-state index contributed by atoms with van der Waals surface area (Å²) in [7, 11) is 0. The molecule has 0 aromatic heterocycles. The third-order valence-electron chi connectivity index (χ3n) is 2.82. The van der Waals surface area contributed by atoms with Gasteiger partial charge < -0.3 is 14.2 Å². The largest absolute Gasteiger partial charge is 0.494 e. The molecule has 3 nitrogen and oxygen atoms in total. The van der Waals surface area contributed by atoms with Gasteiger partial charge in [-0.3, -0.25) is 0 Å². The molecule has 1 aliphatic heterocycles. The fourth-order valence-electron chi connectivity index (χ4n) is 2.00. The fourth-order valence-corrected chi connectivity index (χ4v) is 2.00. The number of benzene rings is 1. The third-order valence-corrected chi connectivity index (χ3v) is 2.82. The third kappa shape index (κ3) is 2.06. The molecule has 1 heterocycles. The van der Waals surface area contributed by atoms with Crippen molar-refractivity contribution in [1.29, 1.82) is 0 Å². The summed E-state index contributed by atoms with van der Waals surface area (Å²) in [6.07, 6.45) is 0.820. The predicted octanol–water partition coefficient (Wildman–Crippen LogP) is 2.69. The molecule has 1 saturated heterocycles. The van der Waals surface area contributed by atoms with Crippen molar-refractivity contribution in [2.75, 3.05) is 19.8 Å².